The van der Waals surface area contributed by atoms with Gasteiger partial charge in [-0.25, -0.2) is 4.39 Å². The van der Waals surface area contributed by atoms with E-state index in [0.717, 1.165) is 11.3 Å². The SMILES string of the molecule is COc1ccc(C(CNC(=O)c2ccc(OC)c(F)c2)N(C)C)cc1. The number of ether oxygens (including phenoxy) is 2. The average molecular weight is 346 g/mol. The second-order valence-corrected chi connectivity index (χ2v) is 5.81. The number of hydrogen-bond donors (Lipinski definition) is 1. The molecule has 0 saturated carbocycles. The Morgan fingerprint density at radius 1 is 1.12 bits per heavy atom. The molecule has 0 aliphatic carbocycles. The zero-order valence-corrected chi connectivity index (χ0v) is 14.9. The molecule has 0 aliphatic heterocycles. The van der Waals surface area contributed by atoms with Crippen molar-refractivity contribution in [3.8, 4) is 11.5 Å². The molecule has 134 valence electrons. The standard InChI is InChI=1S/C19H23FN2O3/c1-22(2)17(13-5-8-15(24-3)9-6-13)12-21-19(23)14-7-10-18(25-4)16(20)11-14/h5-11,17H,12H2,1-4H3,(H,21,23). The molecule has 0 aliphatic rings. The van der Waals surface area contributed by atoms with E-state index in [1.54, 1.807) is 7.11 Å². The summed E-state index contributed by atoms with van der Waals surface area (Å²) in [5.74, 6) is -0.00340. The lowest BCUT2D eigenvalue weighted by Crippen LogP contribution is -2.34. The fourth-order valence-electron chi connectivity index (χ4n) is 2.52. The van der Waals surface area contributed by atoms with E-state index in [4.69, 9.17) is 9.47 Å². The van der Waals surface area contributed by atoms with Gasteiger partial charge < -0.3 is 19.7 Å². The highest BCUT2D eigenvalue weighted by molar-refractivity contribution is 5.94. The lowest BCUT2D eigenvalue weighted by Gasteiger charge is -2.25. The largest absolute Gasteiger partial charge is 0.497 e. The highest BCUT2D eigenvalue weighted by Crippen LogP contribution is 2.21. The molecule has 0 bridgehead atoms. The van der Waals surface area contributed by atoms with Crippen LogP contribution in [0.25, 0.3) is 0 Å². The van der Waals surface area contributed by atoms with Crippen LogP contribution in [-0.4, -0.2) is 45.7 Å². The van der Waals surface area contributed by atoms with Crippen LogP contribution < -0.4 is 14.8 Å². The summed E-state index contributed by atoms with van der Waals surface area (Å²) in [5, 5.41) is 2.85. The van der Waals surface area contributed by atoms with Crippen molar-refractivity contribution in [2.24, 2.45) is 0 Å². The Kier molecular flexibility index (Phi) is 6.36. The highest BCUT2D eigenvalue weighted by Gasteiger charge is 2.17. The lowest BCUT2D eigenvalue weighted by atomic mass is 10.1. The Morgan fingerprint density at radius 3 is 2.32 bits per heavy atom. The van der Waals surface area contributed by atoms with Crippen molar-refractivity contribution in [3.05, 3.63) is 59.4 Å². The van der Waals surface area contributed by atoms with Crippen molar-refractivity contribution in [2.45, 2.75) is 6.04 Å². The molecule has 5 nitrogen and oxygen atoms in total. The molecule has 0 fully saturated rings. The number of halogens is 1. The number of amides is 1. The zero-order valence-electron chi connectivity index (χ0n) is 14.9. The Balaban J connectivity index is 2.07. The summed E-state index contributed by atoms with van der Waals surface area (Å²) in [5.41, 5.74) is 1.30. The molecule has 2 rings (SSSR count). The zero-order chi connectivity index (χ0) is 18.4. The van der Waals surface area contributed by atoms with Gasteiger partial charge in [0.2, 0.25) is 0 Å². The number of rotatable bonds is 7. The second-order valence-electron chi connectivity index (χ2n) is 5.81. The minimum absolute atomic E-state index is 0.0158. The number of carbonyl (C=O) groups excluding carboxylic acids is 1. The fraction of sp³-hybridized carbons (Fsp3) is 0.316. The molecule has 1 amide bonds. The maximum atomic E-state index is 13.7. The van der Waals surface area contributed by atoms with Crippen LogP contribution in [-0.2, 0) is 0 Å². The van der Waals surface area contributed by atoms with Crippen LogP contribution in [0.4, 0.5) is 4.39 Å². The number of methoxy groups -OCH3 is 2. The molecule has 25 heavy (non-hydrogen) atoms. The molecule has 2 aromatic carbocycles. The van der Waals surface area contributed by atoms with Gasteiger partial charge in [0.1, 0.15) is 5.75 Å². The van der Waals surface area contributed by atoms with Crippen molar-refractivity contribution < 1.29 is 18.7 Å². The van der Waals surface area contributed by atoms with Crippen molar-refractivity contribution in [3.63, 3.8) is 0 Å². The third-order valence-electron chi connectivity index (χ3n) is 3.99. The molecule has 1 unspecified atom stereocenters. The second kappa shape index (κ2) is 8.48. The summed E-state index contributed by atoms with van der Waals surface area (Å²) in [4.78, 5) is 14.3. The summed E-state index contributed by atoms with van der Waals surface area (Å²) in [6.07, 6.45) is 0. The number of benzene rings is 2. The van der Waals surface area contributed by atoms with Gasteiger partial charge in [-0.3, -0.25) is 4.79 Å². The van der Waals surface area contributed by atoms with E-state index in [1.807, 2.05) is 43.3 Å². The molecule has 0 spiro atoms. The van der Waals surface area contributed by atoms with Gasteiger partial charge >= 0.3 is 0 Å². The molecule has 6 heteroatoms. The lowest BCUT2D eigenvalue weighted by molar-refractivity contribution is 0.0941. The van der Waals surface area contributed by atoms with E-state index in [1.165, 1.54) is 25.3 Å². The summed E-state index contributed by atoms with van der Waals surface area (Å²) >= 11 is 0. The van der Waals surface area contributed by atoms with Crippen LogP contribution in [0.1, 0.15) is 22.0 Å². The predicted molar refractivity (Wildman–Crippen MR) is 94.7 cm³/mol. The van der Waals surface area contributed by atoms with E-state index >= 15 is 0 Å². The van der Waals surface area contributed by atoms with Gasteiger partial charge in [-0.2, -0.15) is 0 Å². The number of hydrogen-bond acceptors (Lipinski definition) is 4. The van der Waals surface area contributed by atoms with Crippen LogP contribution in [0.2, 0.25) is 0 Å². The Hall–Kier alpha value is -2.60. The van der Waals surface area contributed by atoms with Gasteiger partial charge in [0.15, 0.2) is 11.6 Å². The molecular weight excluding hydrogens is 323 g/mol. The summed E-state index contributed by atoms with van der Waals surface area (Å²) < 4.78 is 23.8. The average Bonchev–Trinajstić information content (AvgIpc) is 2.61. The van der Waals surface area contributed by atoms with Crippen LogP contribution >= 0.6 is 0 Å². The van der Waals surface area contributed by atoms with Gasteiger partial charge in [0.25, 0.3) is 5.91 Å². The molecular formula is C19H23FN2O3. The van der Waals surface area contributed by atoms with Crippen molar-refractivity contribution in [1.82, 2.24) is 10.2 Å². The minimum Gasteiger partial charge on any atom is -0.497 e. The van der Waals surface area contributed by atoms with Crippen LogP contribution in [0.3, 0.4) is 0 Å². The van der Waals surface area contributed by atoms with Gasteiger partial charge in [-0.15, -0.1) is 0 Å². The molecule has 0 heterocycles. The molecule has 0 aromatic heterocycles. The number of nitrogens with one attached hydrogen (secondary N) is 1. The minimum atomic E-state index is -0.561. The molecule has 1 atom stereocenters. The monoisotopic (exact) mass is 346 g/mol. The third-order valence-corrected chi connectivity index (χ3v) is 3.99. The molecule has 0 radical (unpaired) electrons. The van der Waals surface area contributed by atoms with E-state index in [-0.39, 0.29) is 23.3 Å². The van der Waals surface area contributed by atoms with E-state index < -0.39 is 5.82 Å². The number of likely N-dealkylation sites (N-methyl/N-ethyl adjacent to an activating group) is 1. The van der Waals surface area contributed by atoms with E-state index in [9.17, 15) is 9.18 Å². The van der Waals surface area contributed by atoms with E-state index in [0.29, 0.717) is 6.54 Å². The van der Waals surface area contributed by atoms with Crippen molar-refractivity contribution in [1.29, 1.82) is 0 Å². The van der Waals surface area contributed by atoms with Gasteiger partial charge in [0, 0.05) is 12.1 Å². The Labute approximate surface area is 147 Å². The smallest absolute Gasteiger partial charge is 0.251 e. The summed E-state index contributed by atoms with van der Waals surface area (Å²) in [6, 6.07) is 11.8. The quantitative estimate of drug-likeness (QED) is 0.838. The first kappa shape index (κ1) is 18.7. The van der Waals surface area contributed by atoms with Gasteiger partial charge in [-0.1, -0.05) is 12.1 Å². The van der Waals surface area contributed by atoms with Crippen LogP contribution in [0.5, 0.6) is 11.5 Å². The molecule has 2 aromatic rings. The normalized spacial score (nSPS) is 11.9. The highest BCUT2D eigenvalue weighted by atomic mass is 19.1. The first-order chi connectivity index (χ1) is 12.0. The predicted octanol–water partition coefficient (Wildman–Crippen LogP) is 2.88. The van der Waals surface area contributed by atoms with Crippen molar-refractivity contribution in [2.75, 3.05) is 34.9 Å². The first-order valence-corrected chi connectivity index (χ1v) is 7.88. The maximum Gasteiger partial charge on any atom is 0.251 e. The molecule has 1 N–H and O–H groups in total. The third kappa shape index (κ3) is 4.70. The van der Waals surface area contributed by atoms with Gasteiger partial charge in [-0.05, 0) is 50.0 Å². The fourth-order valence-corrected chi connectivity index (χ4v) is 2.52. The number of nitrogens with zero attached hydrogens (tertiary/aromatic N) is 1. The van der Waals surface area contributed by atoms with E-state index in [2.05, 4.69) is 5.32 Å². The maximum absolute atomic E-state index is 13.7. The summed E-state index contributed by atoms with van der Waals surface area (Å²) in [6.45, 7) is 0.395. The van der Waals surface area contributed by atoms with Crippen molar-refractivity contribution >= 4 is 5.91 Å². The number of carbonyl (C=O) groups is 1. The first-order valence-electron chi connectivity index (χ1n) is 7.88. The molecule has 0 saturated heterocycles. The van der Waals surface area contributed by atoms with Crippen LogP contribution in [0, 0.1) is 5.82 Å². The Morgan fingerprint density at radius 2 is 1.80 bits per heavy atom. The summed E-state index contributed by atoms with van der Waals surface area (Å²) in [7, 11) is 6.88. The topological polar surface area (TPSA) is 50.8 Å². The van der Waals surface area contributed by atoms with Crippen LogP contribution in [0.15, 0.2) is 42.5 Å². The Bertz CT molecular complexity index is 717. The van der Waals surface area contributed by atoms with Gasteiger partial charge in [0.05, 0.1) is 20.3 Å².